The molecule has 1 aromatic heterocycles. The Balaban J connectivity index is 1.44. The van der Waals surface area contributed by atoms with E-state index in [-0.39, 0.29) is 0 Å². The van der Waals surface area contributed by atoms with Crippen molar-refractivity contribution in [2.45, 2.75) is 38.1 Å². The van der Waals surface area contributed by atoms with Gasteiger partial charge in [-0.05, 0) is 49.9 Å². The zero-order valence-corrected chi connectivity index (χ0v) is 16.4. The van der Waals surface area contributed by atoms with Crippen LogP contribution in [-0.2, 0) is 0 Å². The number of furan rings is 1. The van der Waals surface area contributed by atoms with Crippen LogP contribution in [0.4, 0.5) is 0 Å². The van der Waals surface area contributed by atoms with E-state index >= 15 is 0 Å². The Kier molecular flexibility index (Phi) is 4.85. The third-order valence-electron chi connectivity index (χ3n) is 5.91. The van der Waals surface area contributed by atoms with Crippen molar-refractivity contribution in [2.75, 3.05) is 27.2 Å². The maximum absolute atomic E-state index is 6.07. The molecule has 1 aliphatic rings. The van der Waals surface area contributed by atoms with Gasteiger partial charge in [0.15, 0.2) is 0 Å². The molecular formula is C22H27ClNO2+. The van der Waals surface area contributed by atoms with Gasteiger partial charge in [-0.1, -0.05) is 18.0 Å². The molecule has 0 aliphatic heterocycles. The van der Waals surface area contributed by atoms with E-state index in [2.05, 4.69) is 20.2 Å². The van der Waals surface area contributed by atoms with E-state index < -0.39 is 0 Å². The number of ether oxygens (including phenoxy) is 1. The average molecular weight is 373 g/mol. The van der Waals surface area contributed by atoms with Gasteiger partial charge in [-0.3, -0.25) is 0 Å². The summed E-state index contributed by atoms with van der Waals surface area (Å²) < 4.78 is 13.1. The molecule has 1 aliphatic carbocycles. The van der Waals surface area contributed by atoms with Gasteiger partial charge in [-0.25, -0.2) is 0 Å². The number of nitrogens with zero attached hydrogens (tertiary/aromatic N) is 1. The predicted octanol–water partition coefficient (Wildman–Crippen LogP) is 6.03. The molecule has 0 bridgehead atoms. The first-order valence-corrected chi connectivity index (χ1v) is 9.98. The lowest BCUT2D eigenvalue weighted by atomic mass is 9.93. The fourth-order valence-corrected chi connectivity index (χ4v) is 4.34. The van der Waals surface area contributed by atoms with E-state index in [0.29, 0.717) is 5.02 Å². The summed E-state index contributed by atoms with van der Waals surface area (Å²) in [4.78, 5) is 0. The summed E-state index contributed by atoms with van der Waals surface area (Å²) in [6.07, 6.45) is 6.84. The first-order chi connectivity index (χ1) is 12.5. The average Bonchev–Trinajstić information content (AvgIpc) is 2.99. The number of quaternary nitrogens is 1. The molecule has 4 heteroatoms. The first kappa shape index (κ1) is 17.7. The summed E-state index contributed by atoms with van der Waals surface area (Å²) in [5, 5.41) is 2.88. The highest BCUT2D eigenvalue weighted by atomic mass is 35.5. The third kappa shape index (κ3) is 3.56. The molecule has 0 N–H and O–H groups in total. The zero-order valence-electron chi connectivity index (χ0n) is 15.6. The van der Waals surface area contributed by atoms with Crippen LogP contribution < -0.4 is 4.74 Å². The maximum Gasteiger partial charge on any atom is 0.139 e. The van der Waals surface area contributed by atoms with E-state index in [1.807, 2.05) is 30.3 Å². The van der Waals surface area contributed by atoms with Crippen molar-refractivity contribution in [1.29, 1.82) is 0 Å². The van der Waals surface area contributed by atoms with Gasteiger partial charge in [0, 0.05) is 27.9 Å². The van der Waals surface area contributed by atoms with Crippen LogP contribution in [0.1, 0.15) is 32.1 Å². The molecule has 4 rings (SSSR count). The molecule has 138 valence electrons. The van der Waals surface area contributed by atoms with Gasteiger partial charge < -0.3 is 13.6 Å². The smallest absolute Gasteiger partial charge is 0.139 e. The minimum Gasteiger partial charge on any atom is -0.488 e. The van der Waals surface area contributed by atoms with Crippen molar-refractivity contribution in [3.63, 3.8) is 0 Å². The number of benzene rings is 2. The van der Waals surface area contributed by atoms with Crippen LogP contribution >= 0.6 is 11.6 Å². The second-order valence-corrected chi connectivity index (χ2v) is 8.48. The van der Waals surface area contributed by atoms with Crippen molar-refractivity contribution < 1.29 is 13.6 Å². The molecule has 2 aromatic carbocycles. The number of rotatable bonds is 5. The van der Waals surface area contributed by atoms with Gasteiger partial charge >= 0.3 is 0 Å². The Labute approximate surface area is 160 Å². The fourth-order valence-electron chi connectivity index (χ4n) is 4.18. The van der Waals surface area contributed by atoms with Crippen molar-refractivity contribution in [2.24, 2.45) is 0 Å². The number of hydrogen-bond acceptors (Lipinski definition) is 2. The number of hydrogen-bond donors (Lipinski definition) is 0. The lowest BCUT2D eigenvalue weighted by molar-refractivity contribution is -0.916. The molecule has 0 atom stereocenters. The van der Waals surface area contributed by atoms with E-state index in [1.165, 1.54) is 32.1 Å². The minimum absolute atomic E-state index is 0.691. The Morgan fingerprint density at radius 2 is 1.69 bits per heavy atom. The molecular weight excluding hydrogens is 346 g/mol. The number of likely N-dealkylation sites (N-methyl/N-ethyl adjacent to an activating group) is 1. The highest BCUT2D eigenvalue weighted by molar-refractivity contribution is 6.31. The molecule has 26 heavy (non-hydrogen) atoms. The first-order valence-electron chi connectivity index (χ1n) is 9.60. The van der Waals surface area contributed by atoms with E-state index in [1.54, 1.807) is 0 Å². The summed E-state index contributed by atoms with van der Waals surface area (Å²) in [6, 6.07) is 12.6. The third-order valence-corrected chi connectivity index (χ3v) is 6.14. The van der Waals surface area contributed by atoms with Crippen LogP contribution in [0.15, 0.2) is 40.8 Å². The summed E-state index contributed by atoms with van der Waals surface area (Å²) >= 11 is 6.07. The molecule has 1 fully saturated rings. The second-order valence-electron chi connectivity index (χ2n) is 8.04. The summed E-state index contributed by atoms with van der Waals surface area (Å²) in [5.41, 5.74) is 1.67. The topological polar surface area (TPSA) is 22.4 Å². The maximum atomic E-state index is 6.07. The minimum atomic E-state index is 0.691. The van der Waals surface area contributed by atoms with Gasteiger partial charge in [0.1, 0.15) is 30.1 Å². The van der Waals surface area contributed by atoms with E-state index in [0.717, 1.165) is 51.4 Å². The molecule has 1 saturated carbocycles. The fraction of sp³-hybridized carbons (Fsp3) is 0.455. The van der Waals surface area contributed by atoms with Crippen LogP contribution in [-0.4, -0.2) is 37.8 Å². The Morgan fingerprint density at radius 3 is 2.46 bits per heavy atom. The van der Waals surface area contributed by atoms with Gasteiger partial charge in [-0.15, -0.1) is 0 Å². The van der Waals surface area contributed by atoms with Crippen LogP contribution in [0.3, 0.4) is 0 Å². The normalized spacial score (nSPS) is 16.4. The standard InChI is InChI=1S/C22H27ClNO2/c1-24(2,17-6-4-3-5-7-17)12-13-25-18-9-11-20-19-10-8-16(23)14-21(19)26-22(20)15-18/h8-11,14-15,17H,3-7,12-13H2,1-2H3/q+1. The molecule has 3 aromatic rings. The van der Waals surface area contributed by atoms with Gasteiger partial charge in [0.25, 0.3) is 0 Å². The molecule has 0 spiro atoms. The Morgan fingerprint density at radius 1 is 1.00 bits per heavy atom. The molecule has 0 radical (unpaired) electrons. The van der Waals surface area contributed by atoms with Crippen molar-refractivity contribution in [3.8, 4) is 5.75 Å². The van der Waals surface area contributed by atoms with Crippen LogP contribution in [0.5, 0.6) is 5.75 Å². The monoisotopic (exact) mass is 372 g/mol. The molecule has 0 unspecified atom stereocenters. The summed E-state index contributed by atoms with van der Waals surface area (Å²) in [7, 11) is 4.68. The highest BCUT2D eigenvalue weighted by Crippen LogP contribution is 2.33. The summed E-state index contributed by atoms with van der Waals surface area (Å²) in [5.74, 6) is 0.867. The number of halogens is 1. The Hall–Kier alpha value is -1.71. The quantitative estimate of drug-likeness (QED) is 0.510. The molecule has 1 heterocycles. The Bertz CT molecular complexity index is 909. The van der Waals surface area contributed by atoms with Gasteiger partial charge in [0.2, 0.25) is 0 Å². The van der Waals surface area contributed by atoms with Crippen LogP contribution in [0.2, 0.25) is 5.02 Å². The largest absolute Gasteiger partial charge is 0.488 e. The molecule has 0 amide bonds. The van der Waals surface area contributed by atoms with E-state index in [4.69, 9.17) is 20.8 Å². The lowest BCUT2D eigenvalue weighted by Crippen LogP contribution is -2.51. The zero-order chi connectivity index (χ0) is 18.1. The highest BCUT2D eigenvalue weighted by Gasteiger charge is 2.29. The predicted molar refractivity (Wildman–Crippen MR) is 108 cm³/mol. The number of fused-ring (bicyclic) bond motifs is 3. The van der Waals surface area contributed by atoms with Crippen LogP contribution in [0.25, 0.3) is 21.9 Å². The lowest BCUT2D eigenvalue weighted by Gasteiger charge is -2.40. The van der Waals surface area contributed by atoms with Crippen molar-refractivity contribution in [1.82, 2.24) is 0 Å². The van der Waals surface area contributed by atoms with Crippen LogP contribution in [0, 0.1) is 0 Å². The van der Waals surface area contributed by atoms with Crippen molar-refractivity contribution >= 4 is 33.5 Å². The van der Waals surface area contributed by atoms with E-state index in [9.17, 15) is 0 Å². The van der Waals surface area contributed by atoms with Gasteiger partial charge in [0.05, 0.1) is 20.1 Å². The molecule has 0 saturated heterocycles. The van der Waals surface area contributed by atoms with Crippen molar-refractivity contribution in [3.05, 3.63) is 41.4 Å². The molecule has 3 nitrogen and oxygen atoms in total. The van der Waals surface area contributed by atoms with Gasteiger partial charge in [-0.2, -0.15) is 0 Å². The SMILES string of the molecule is C[N+](C)(CCOc1ccc2c(c1)oc1cc(Cl)ccc12)C1CCCCC1. The second kappa shape index (κ2) is 7.13. The summed E-state index contributed by atoms with van der Waals surface area (Å²) in [6.45, 7) is 1.75.